The minimum Gasteiger partial charge on any atom is -0.370 e. The molecule has 0 spiro atoms. The highest BCUT2D eigenvalue weighted by Gasteiger charge is 2.32. The molecule has 0 radical (unpaired) electrons. The molecule has 2 rings (SSSR count). The monoisotopic (exact) mass is 243 g/mol. The first-order valence-electron chi connectivity index (χ1n) is 5.09. The van der Waals surface area contributed by atoms with E-state index >= 15 is 0 Å². The van der Waals surface area contributed by atoms with Gasteiger partial charge in [0, 0.05) is 7.05 Å². The Hall–Kier alpha value is -1.72. The predicted molar refractivity (Wildman–Crippen MR) is 58.4 cm³/mol. The maximum absolute atomic E-state index is 12.6. The highest BCUT2D eigenvalue weighted by Crippen LogP contribution is 2.32. The van der Waals surface area contributed by atoms with Crippen molar-refractivity contribution in [3.8, 4) is 0 Å². The normalized spacial score (nSPS) is 20.6. The Kier molecular flexibility index (Phi) is 2.73. The van der Waals surface area contributed by atoms with Gasteiger partial charge in [0.1, 0.15) is 0 Å². The van der Waals surface area contributed by atoms with Crippen molar-refractivity contribution in [2.24, 2.45) is 10.7 Å². The van der Waals surface area contributed by atoms with Crippen molar-refractivity contribution >= 4 is 5.96 Å². The summed E-state index contributed by atoms with van der Waals surface area (Å²) in [4.78, 5) is 5.68. The van der Waals surface area contributed by atoms with Gasteiger partial charge in [-0.05, 0) is 17.7 Å². The molecule has 1 unspecified atom stereocenters. The fourth-order valence-corrected chi connectivity index (χ4v) is 1.82. The summed E-state index contributed by atoms with van der Waals surface area (Å²) in [7, 11) is 1.72. The number of guanidine groups is 1. The first-order valence-corrected chi connectivity index (χ1v) is 5.09. The summed E-state index contributed by atoms with van der Waals surface area (Å²) < 4.78 is 37.7. The van der Waals surface area contributed by atoms with Crippen LogP contribution < -0.4 is 5.73 Å². The predicted octanol–water partition coefficient (Wildman–Crippen LogP) is 2.01. The zero-order valence-electron chi connectivity index (χ0n) is 9.20. The molecule has 1 atom stereocenters. The van der Waals surface area contributed by atoms with Crippen molar-refractivity contribution in [3.05, 3.63) is 35.4 Å². The van der Waals surface area contributed by atoms with Gasteiger partial charge in [-0.25, -0.2) is 0 Å². The molecule has 0 fully saturated rings. The van der Waals surface area contributed by atoms with Crippen LogP contribution in [0.5, 0.6) is 0 Å². The van der Waals surface area contributed by atoms with Crippen molar-refractivity contribution in [1.29, 1.82) is 0 Å². The van der Waals surface area contributed by atoms with Crippen LogP contribution in [-0.4, -0.2) is 24.5 Å². The second-order valence-corrected chi connectivity index (χ2v) is 3.95. The van der Waals surface area contributed by atoms with Crippen molar-refractivity contribution in [2.75, 3.05) is 13.6 Å². The Morgan fingerprint density at radius 1 is 1.41 bits per heavy atom. The number of halogens is 3. The average Bonchev–Trinajstić information content (AvgIpc) is 2.59. The molecule has 0 bridgehead atoms. The molecule has 1 aliphatic heterocycles. The molecular formula is C11H12F3N3. The van der Waals surface area contributed by atoms with E-state index in [0.29, 0.717) is 18.1 Å². The topological polar surface area (TPSA) is 41.6 Å². The lowest BCUT2D eigenvalue weighted by molar-refractivity contribution is -0.137. The summed E-state index contributed by atoms with van der Waals surface area (Å²) in [6.45, 7) is 0.393. The first kappa shape index (κ1) is 11.8. The van der Waals surface area contributed by atoms with Gasteiger partial charge in [0.2, 0.25) is 0 Å². The van der Waals surface area contributed by atoms with E-state index in [1.54, 1.807) is 18.0 Å². The number of aliphatic imine (C=N–C) groups is 1. The van der Waals surface area contributed by atoms with Gasteiger partial charge >= 0.3 is 6.18 Å². The maximum atomic E-state index is 12.6. The summed E-state index contributed by atoms with van der Waals surface area (Å²) in [6, 6.07) is 5.06. The van der Waals surface area contributed by atoms with Crippen LogP contribution in [0.15, 0.2) is 29.3 Å². The summed E-state index contributed by atoms with van der Waals surface area (Å²) >= 11 is 0. The molecule has 0 saturated heterocycles. The third kappa shape index (κ3) is 2.20. The molecule has 6 heteroatoms. The lowest BCUT2D eigenvalue weighted by atomic mass is 10.0. The molecular weight excluding hydrogens is 231 g/mol. The molecule has 3 nitrogen and oxygen atoms in total. The van der Waals surface area contributed by atoms with Crippen LogP contribution in [0.1, 0.15) is 17.2 Å². The van der Waals surface area contributed by atoms with Crippen molar-refractivity contribution in [2.45, 2.75) is 12.2 Å². The zero-order valence-corrected chi connectivity index (χ0v) is 9.20. The molecule has 1 aromatic carbocycles. The maximum Gasteiger partial charge on any atom is 0.416 e. The van der Waals surface area contributed by atoms with E-state index in [1.807, 2.05) is 0 Å². The Labute approximate surface area is 96.7 Å². The summed E-state index contributed by atoms with van der Waals surface area (Å²) in [5.41, 5.74) is 5.51. The Morgan fingerprint density at radius 2 is 2.12 bits per heavy atom. The summed E-state index contributed by atoms with van der Waals surface area (Å²) in [6.07, 6.45) is -4.32. The molecule has 0 amide bonds. The van der Waals surface area contributed by atoms with Crippen LogP contribution in [0.2, 0.25) is 0 Å². The van der Waals surface area contributed by atoms with Gasteiger partial charge in [-0.1, -0.05) is 12.1 Å². The number of hydrogen-bond acceptors (Lipinski definition) is 3. The zero-order chi connectivity index (χ0) is 12.6. The fourth-order valence-electron chi connectivity index (χ4n) is 1.82. The van der Waals surface area contributed by atoms with E-state index in [1.165, 1.54) is 6.07 Å². The molecule has 0 saturated carbocycles. The van der Waals surface area contributed by atoms with Gasteiger partial charge in [0.15, 0.2) is 5.96 Å². The van der Waals surface area contributed by atoms with E-state index in [-0.39, 0.29) is 6.04 Å². The minimum absolute atomic E-state index is 0.211. The van der Waals surface area contributed by atoms with Crippen LogP contribution in [0, 0.1) is 0 Å². The molecule has 1 aromatic rings. The van der Waals surface area contributed by atoms with E-state index in [2.05, 4.69) is 4.99 Å². The van der Waals surface area contributed by atoms with Gasteiger partial charge in [0.05, 0.1) is 18.2 Å². The summed E-state index contributed by atoms with van der Waals surface area (Å²) in [5, 5.41) is 0. The highest BCUT2D eigenvalue weighted by molar-refractivity contribution is 5.80. The molecule has 1 heterocycles. The largest absolute Gasteiger partial charge is 0.416 e. The van der Waals surface area contributed by atoms with Crippen LogP contribution in [0.25, 0.3) is 0 Å². The van der Waals surface area contributed by atoms with Crippen molar-refractivity contribution < 1.29 is 13.2 Å². The van der Waals surface area contributed by atoms with E-state index in [4.69, 9.17) is 5.73 Å². The number of alkyl halides is 3. The van der Waals surface area contributed by atoms with Crippen LogP contribution >= 0.6 is 0 Å². The van der Waals surface area contributed by atoms with E-state index in [0.717, 1.165) is 12.1 Å². The van der Waals surface area contributed by atoms with E-state index < -0.39 is 11.7 Å². The van der Waals surface area contributed by atoms with Crippen LogP contribution in [0.3, 0.4) is 0 Å². The molecule has 1 aliphatic rings. The van der Waals surface area contributed by atoms with Gasteiger partial charge in [-0.2, -0.15) is 13.2 Å². The van der Waals surface area contributed by atoms with Crippen molar-refractivity contribution in [3.63, 3.8) is 0 Å². The Balaban J connectivity index is 2.29. The second-order valence-electron chi connectivity index (χ2n) is 3.95. The fraction of sp³-hybridized carbons (Fsp3) is 0.364. The molecule has 17 heavy (non-hydrogen) atoms. The number of likely N-dealkylation sites (N-methyl/N-ethyl adjacent to an activating group) is 1. The van der Waals surface area contributed by atoms with Crippen LogP contribution in [0.4, 0.5) is 13.2 Å². The number of nitrogens with zero attached hydrogens (tertiary/aromatic N) is 2. The molecule has 92 valence electrons. The number of hydrogen-bond donors (Lipinski definition) is 1. The lowest BCUT2D eigenvalue weighted by Crippen LogP contribution is -2.32. The Morgan fingerprint density at radius 3 is 2.65 bits per heavy atom. The van der Waals surface area contributed by atoms with Crippen LogP contribution in [-0.2, 0) is 6.18 Å². The number of nitrogens with two attached hydrogens (primary N) is 1. The average molecular weight is 243 g/mol. The third-order valence-electron chi connectivity index (χ3n) is 2.85. The molecule has 0 aromatic heterocycles. The summed E-state index contributed by atoms with van der Waals surface area (Å²) in [5.74, 6) is 0.354. The van der Waals surface area contributed by atoms with Gasteiger partial charge < -0.3 is 10.6 Å². The molecule has 2 N–H and O–H groups in total. The lowest BCUT2D eigenvalue weighted by Gasteiger charge is -2.22. The standard InChI is InChI=1S/C11H12F3N3/c1-17-9(6-16-10(17)15)7-3-2-4-8(5-7)11(12,13)14/h2-5,9H,6H2,1H3,(H2,15,16). The first-order chi connectivity index (χ1) is 7.89. The Bertz CT molecular complexity index is 454. The minimum atomic E-state index is -4.32. The third-order valence-corrected chi connectivity index (χ3v) is 2.85. The van der Waals surface area contributed by atoms with E-state index in [9.17, 15) is 13.2 Å². The highest BCUT2D eigenvalue weighted by atomic mass is 19.4. The quantitative estimate of drug-likeness (QED) is 0.819. The van der Waals surface area contributed by atoms with Gasteiger partial charge in [-0.3, -0.25) is 4.99 Å². The van der Waals surface area contributed by atoms with Gasteiger partial charge in [-0.15, -0.1) is 0 Å². The SMILES string of the molecule is CN1C(N)=NCC1c1cccc(C(F)(F)F)c1. The number of rotatable bonds is 1. The van der Waals surface area contributed by atoms with Gasteiger partial charge in [0.25, 0.3) is 0 Å². The number of benzene rings is 1. The second kappa shape index (κ2) is 3.94. The smallest absolute Gasteiger partial charge is 0.370 e. The van der Waals surface area contributed by atoms with Crippen molar-refractivity contribution in [1.82, 2.24) is 4.90 Å². The molecule has 0 aliphatic carbocycles.